The summed E-state index contributed by atoms with van der Waals surface area (Å²) in [4.78, 5) is 21.7. The first-order chi connectivity index (χ1) is 7.10. The minimum atomic E-state index is -0.793. The molecule has 15 heavy (non-hydrogen) atoms. The van der Waals surface area contributed by atoms with Crippen molar-refractivity contribution in [1.82, 2.24) is 5.32 Å². The zero-order valence-electron chi connectivity index (χ0n) is 8.91. The SMILES string of the molecule is CCOC(=O)CCCNC1(C(=O)O)CC1. The first-order valence-corrected chi connectivity index (χ1v) is 5.25. The smallest absolute Gasteiger partial charge is 0.323 e. The van der Waals surface area contributed by atoms with Gasteiger partial charge in [0, 0.05) is 6.42 Å². The molecule has 1 aliphatic rings. The summed E-state index contributed by atoms with van der Waals surface area (Å²) in [5.41, 5.74) is -0.700. The number of carboxylic acid groups (broad SMARTS) is 1. The summed E-state index contributed by atoms with van der Waals surface area (Å²) >= 11 is 0. The molecule has 0 aromatic heterocycles. The Hall–Kier alpha value is -1.10. The first kappa shape index (κ1) is 12.0. The Labute approximate surface area is 88.8 Å². The van der Waals surface area contributed by atoms with Crippen LogP contribution in [-0.4, -0.2) is 35.7 Å². The fourth-order valence-corrected chi connectivity index (χ4v) is 1.38. The maximum atomic E-state index is 11.0. The molecule has 86 valence electrons. The number of aliphatic carboxylic acids is 1. The van der Waals surface area contributed by atoms with Crippen LogP contribution in [0.5, 0.6) is 0 Å². The van der Waals surface area contributed by atoms with E-state index in [1.807, 2.05) is 0 Å². The molecular weight excluding hydrogens is 198 g/mol. The van der Waals surface area contributed by atoms with E-state index in [4.69, 9.17) is 9.84 Å². The molecule has 2 N–H and O–H groups in total. The lowest BCUT2D eigenvalue weighted by molar-refractivity contribution is -0.143. The number of nitrogens with one attached hydrogen (secondary N) is 1. The average molecular weight is 215 g/mol. The van der Waals surface area contributed by atoms with E-state index in [1.54, 1.807) is 6.92 Å². The van der Waals surface area contributed by atoms with Gasteiger partial charge in [0.2, 0.25) is 0 Å². The van der Waals surface area contributed by atoms with E-state index < -0.39 is 11.5 Å². The van der Waals surface area contributed by atoms with Crippen molar-refractivity contribution in [2.75, 3.05) is 13.2 Å². The van der Waals surface area contributed by atoms with Gasteiger partial charge in [-0.15, -0.1) is 0 Å². The number of hydrogen-bond donors (Lipinski definition) is 2. The van der Waals surface area contributed by atoms with Gasteiger partial charge >= 0.3 is 11.9 Å². The third-order valence-corrected chi connectivity index (χ3v) is 2.49. The Morgan fingerprint density at radius 1 is 1.47 bits per heavy atom. The maximum absolute atomic E-state index is 11.0. The number of rotatable bonds is 7. The Kier molecular flexibility index (Phi) is 4.08. The molecule has 0 unspecified atom stereocenters. The topological polar surface area (TPSA) is 75.6 Å². The number of carbonyl (C=O) groups is 2. The van der Waals surface area contributed by atoms with Gasteiger partial charge in [-0.2, -0.15) is 0 Å². The summed E-state index contributed by atoms with van der Waals surface area (Å²) in [6.07, 6.45) is 2.33. The van der Waals surface area contributed by atoms with Gasteiger partial charge in [-0.1, -0.05) is 0 Å². The highest BCUT2D eigenvalue weighted by molar-refractivity contribution is 5.82. The van der Waals surface area contributed by atoms with Crippen LogP contribution in [0.25, 0.3) is 0 Å². The van der Waals surface area contributed by atoms with E-state index in [1.165, 1.54) is 0 Å². The van der Waals surface area contributed by atoms with Gasteiger partial charge in [0.25, 0.3) is 0 Å². The molecule has 1 fully saturated rings. The fraction of sp³-hybridized carbons (Fsp3) is 0.800. The van der Waals surface area contributed by atoms with Crippen LogP contribution in [-0.2, 0) is 14.3 Å². The third-order valence-electron chi connectivity index (χ3n) is 2.49. The molecule has 5 heteroatoms. The molecule has 0 aliphatic heterocycles. The molecule has 0 aromatic rings. The van der Waals surface area contributed by atoms with Crippen LogP contribution >= 0.6 is 0 Å². The number of carboxylic acids is 1. The lowest BCUT2D eigenvalue weighted by Crippen LogP contribution is -2.39. The minimum absolute atomic E-state index is 0.223. The van der Waals surface area contributed by atoms with Crippen molar-refractivity contribution < 1.29 is 19.4 Å². The largest absolute Gasteiger partial charge is 0.480 e. The van der Waals surface area contributed by atoms with Crippen LogP contribution in [0.15, 0.2) is 0 Å². The van der Waals surface area contributed by atoms with E-state index in [9.17, 15) is 9.59 Å². The van der Waals surface area contributed by atoms with Gasteiger partial charge in [0.1, 0.15) is 5.54 Å². The van der Waals surface area contributed by atoms with E-state index in [0.717, 1.165) is 0 Å². The average Bonchev–Trinajstić information content (AvgIpc) is 2.94. The molecule has 0 radical (unpaired) electrons. The number of esters is 1. The second-order valence-corrected chi connectivity index (χ2v) is 3.72. The van der Waals surface area contributed by atoms with Crippen molar-refractivity contribution in [2.45, 2.75) is 38.1 Å². The first-order valence-electron chi connectivity index (χ1n) is 5.25. The molecule has 5 nitrogen and oxygen atoms in total. The zero-order chi connectivity index (χ0) is 11.3. The molecule has 0 atom stereocenters. The molecule has 1 saturated carbocycles. The second-order valence-electron chi connectivity index (χ2n) is 3.72. The predicted octanol–water partition coefficient (Wildman–Crippen LogP) is 0.536. The number of ether oxygens (including phenoxy) is 1. The molecule has 0 aromatic carbocycles. The zero-order valence-corrected chi connectivity index (χ0v) is 8.91. The van der Waals surface area contributed by atoms with E-state index in [2.05, 4.69) is 5.32 Å². The van der Waals surface area contributed by atoms with Crippen LogP contribution < -0.4 is 5.32 Å². The van der Waals surface area contributed by atoms with Crippen molar-refractivity contribution in [3.8, 4) is 0 Å². The molecular formula is C10H17NO4. The van der Waals surface area contributed by atoms with Gasteiger partial charge in [-0.3, -0.25) is 9.59 Å². The normalized spacial score (nSPS) is 17.1. The molecule has 0 spiro atoms. The van der Waals surface area contributed by atoms with E-state index in [-0.39, 0.29) is 5.97 Å². The van der Waals surface area contributed by atoms with Gasteiger partial charge in [0.15, 0.2) is 0 Å². The lowest BCUT2D eigenvalue weighted by atomic mass is 10.2. The molecule has 1 rings (SSSR count). The highest BCUT2D eigenvalue weighted by Gasteiger charge is 2.49. The van der Waals surface area contributed by atoms with Crippen molar-refractivity contribution >= 4 is 11.9 Å². The van der Waals surface area contributed by atoms with Crippen LogP contribution in [0.4, 0.5) is 0 Å². The van der Waals surface area contributed by atoms with Gasteiger partial charge in [0.05, 0.1) is 6.61 Å². The van der Waals surface area contributed by atoms with Crippen LogP contribution in [0, 0.1) is 0 Å². The van der Waals surface area contributed by atoms with Crippen molar-refractivity contribution in [2.24, 2.45) is 0 Å². The summed E-state index contributed by atoms with van der Waals surface area (Å²) in [5.74, 6) is -1.02. The summed E-state index contributed by atoms with van der Waals surface area (Å²) in [6, 6.07) is 0. The molecule has 0 amide bonds. The summed E-state index contributed by atoms with van der Waals surface area (Å²) in [6.45, 7) is 2.70. The van der Waals surface area contributed by atoms with Crippen molar-refractivity contribution in [3.63, 3.8) is 0 Å². The number of hydrogen-bond acceptors (Lipinski definition) is 4. The molecule has 0 saturated heterocycles. The summed E-state index contributed by atoms with van der Waals surface area (Å²) in [7, 11) is 0. The van der Waals surface area contributed by atoms with E-state index in [0.29, 0.717) is 38.8 Å². The van der Waals surface area contributed by atoms with Gasteiger partial charge in [-0.05, 0) is 32.7 Å². The molecule has 0 bridgehead atoms. The van der Waals surface area contributed by atoms with Crippen molar-refractivity contribution in [3.05, 3.63) is 0 Å². The maximum Gasteiger partial charge on any atom is 0.323 e. The lowest BCUT2D eigenvalue weighted by Gasteiger charge is -2.11. The van der Waals surface area contributed by atoms with Crippen LogP contribution in [0.2, 0.25) is 0 Å². The molecule has 0 heterocycles. The van der Waals surface area contributed by atoms with Crippen molar-refractivity contribution in [1.29, 1.82) is 0 Å². The second kappa shape index (κ2) is 5.11. The van der Waals surface area contributed by atoms with Crippen LogP contribution in [0.3, 0.4) is 0 Å². The highest BCUT2D eigenvalue weighted by atomic mass is 16.5. The quantitative estimate of drug-likeness (QED) is 0.479. The molecule has 1 aliphatic carbocycles. The minimum Gasteiger partial charge on any atom is -0.480 e. The Balaban J connectivity index is 2.07. The van der Waals surface area contributed by atoms with E-state index >= 15 is 0 Å². The standard InChI is InChI=1S/C10H17NO4/c1-2-15-8(12)4-3-7-11-10(5-6-10)9(13)14/h11H,2-7H2,1H3,(H,13,14). The summed E-state index contributed by atoms with van der Waals surface area (Å²) < 4.78 is 4.75. The predicted molar refractivity (Wildman–Crippen MR) is 53.5 cm³/mol. The Bertz CT molecular complexity index is 248. The number of carbonyl (C=O) groups excluding carboxylic acids is 1. The monoisotopic (exact) mass is 215 g/mol. The van der Waals surface area contributed by atoms with Crippen LogP contribution in [0.1, 0.15) is 32.6 Å². The third kappa shape index (κ3) is 3.51. The van der Waals surface area contributed by atoms with Gasteiger partial charge in [-0.25, -0.2) is 0 Å². The Morgan fingerprint density at radius 2 is 2.13 bits per heavy atom. The Morgan fingerprint density at radius 3 is 2.60 bits per heavy atom. The highest BCUT2D eigenvalue weighted by Crippen LogP contribution is 2.35. The fourth-order valence-electron chi connectivity index (χ4n) is 1.38. The summed E-state index contributed by atoms with van der Waals surface area (Å²) in [5, 5.41) is 11.8. The van der Waals surface area contributed by atoms with Gasteiger partial charge < -0.3 is 15.2 Å².